The van der Waals surface area contributed by atoms with Gasteiger partial charge in [-0.1, -0.05) is 23.2 Å². The predicted molar refractivity (Wildman–Crippen MR) is 116 cm³/mol. The van der Waals surface area contributed by atoms with Crippen LogP contribution in [0.4, 0.5) is 5.69 Å². The molecule has 6 N–H and O–H groups in total. The summed E-state index contributed by atoms with van der Waals surface area (Å²) in [5.74, 6) is -0.932. The van der Waals surface area contributed by atoms with Crippen molar-refractivity contribution in [3.05, 3.63) is 56.2 Å². The van der Waals surface area contributed by atoms with Gasteiger partial charge < -0.3 is 31.0 Å². The molecule has 30 heavy (non-hydrogen) atoms. The number of nitrogens with two attached hydrogens (primary N) is 1. The van der Waals surface area contributed by atoms with E-state index in [0.29, 0.717) is 11.1 Å². The Balaban J connectivity index is 1.93. The number of carbonyl (C=O) groups excluding carboxylic acids is 1. The summed E-state index contributed by atoms with van der Waals surface area (Å²) in [4.78, 5) is 28.0. The number of rotatable bonds is 7. The van der Waals surface area contributed by atoms with E-state index in [9.17, 15) is 14.7 Å². The number of hydrogen-bond acceptors (Lipinski definition) is 6. The minimum atomic E-state index is -0.649. The molecule has 158 valence electrons. The second kappa shape index (κ2) is 9.36. The van der Waals surface area contributed by atoms with E-state index in [1.807, 2.05) is 0 Å². The van der Waals surface area contributed by atoms with Gasteiger partial charge in [0.05, 0.1) is 52.2 Å². The molecular formula is C20H19Cl2N3O5. The second-order valence-electron chi connectivity index (χ2n) is 6.38. The molecule has 0 atom stereocenters. The van der Waals surface area contributed by atoms with Gasteiger partial charge in [-0.2, -0.15) is 0 Å². The van der Waals surface area contributed by atoms with Crippen LogP contribution < -0.4 is 16.5 Å². The van der Waals surface area contributed by atoms with Gasteiger partial charge in [-0.25, -0.2) is 0 Å². The highest BCUT2D eigenvalue weighted by Crippen LogP contribution is 2.35. The fourth-order valence-electron chi connectivity index (χ4n) is 2.86. The Hall–Kier alpha value is -2.78. The molecule has 0 aliphatic heterocycles. The summed E-state index contributed by atoms with van der Waals surface area (Å²) < 4.78 is 5.07. The standard InChI is InChI=1S/C20H19Cl2N3O5/c21-13-8-11(9-14(22)16(13)23)17-19(28)18(27)12-7-10(1-2-15(12)25-17)20(29)24-3-5-30-6-4-26/h1-2,7-9,26,28H,3-6,23H2,(H,24,29)(H,25,27). The van der Waals surface area contributed by atoms with Crippen molar-refractivity contribution in [2.75, 3.05) is 32.1 Å². The van der Waals surface area contributed by atoms with Crippen LogP contribution in [0.5, 0.6) is 5.75 Å². The summed E-state index contributed by atoms with van der Waals surface area (Å²) in [6, 6.07) is 7.48. The number of amides is 1. The van der Waals surface area contributed by atoms with Crippen molar-refractivity contribution < 1.29 is 19.7 Å². The molecule has 1 heterocycles. The van der Waals surface area contributed by atoms with Crippen LogP contribution >= 0.6 is 23.2 Å². The highest BCUT2D eigenvalue weighted by Gasteiger charge is 2.16. The molecule has 0 unspecified atom stereocenters. The predicted octanol–water partition coefficient (Wildman–Crippen LogP) is 2.53. The Kier molecular flexibility index (Phi) is 6.84. The number of carbonyl (C=O) groups is 1. The van der Waals surface area contributed by atoms with Crippen LogP contribution in [0.15, 0.2) is 35.1 Å². The molecule has 3 rings (SSSR count). The first-order valence-corrected chi connectivity index (χ1v) is 9.69. The Morgan fingerprint density at radius 2 is 1.87 bits per heavy atom. The molecule has 10 heteroatoms. The highest BCUT2D eigenvalue weighted by atomic mass is 35.5. The van der Waals surface area contributed by atoms with E-state index in [4.69, 9.17) is 38.8 Å². The zero-order chi connectivity index (χ0) is 21.8. The van der Waals surface area contributed by atoms with Crippen LogP contribution in [0, 0.1) is 0 Å². The monoisotopic (exact) mass is 451 g/mol. The molecule has 0 bridgehead atoms. The number of pyridine rings is 1. The van der Waals surface area contributed by atoms with Crippen molar-refractivity contribution in [1.82, 2.24) is 10.3 Å². The number of aliphatic hydroxyl groups is 1. The van der Waals surface area contributed by atoms with Crippen LogP contribution in [0.1, 0.15) is 10.4 Å². The van der Waals surface area contributed by atoms with Crippen LogP contribution in [0.25, 0.3) is 22.2 Å². The van der Waals surface area contributed by atoms with Gasteiger partial charge in [-0.3, -0.25) is 9.59 Å². The fraction of sp³-hybridized carbons (Fsp3) is 0.200. The lowest BCUT2D eigenvalue weighted by atomic mass is 10.1. The van der Waals surface area contributed by atoms with E-state index in [2.05, 4.69) is 10.3 Å². The molecule has 0 fully saturated rings. The number of aliphatic hydroxyl groups excluding tert-OH is 1. The van der Waals surface area contributed by atoms with Gasteiger partial charge >= 0.3 is 0 Å². The molecule has 1 amide bonds. The van der Waals surface area contributed by atoms with E-state index >= 15 is 0 Å². The number of fused-ring (bicyclic) bond motifs is 1. The fourth-order valence-corrected chi connectivity index (χ4v) is 3.35. The minimum absolute atomic E-state index is 0.0956. The van der Waals surface area contributed by atoms with Gasteiger partial charge in [0.25, 0.3) is 5.91 Å². The van der Waals surface area contributed by atoms with Gasteiger partial charge in [-0.05, 0) is 30.3 Å². The number of benzene rings is 2. The largest absolute Gasteiger partial charge is 0.503 e. The number of H-pyrrole nitrogens is 1. The summed E-state index contributed by atoms with van der Waals surface area (Å²) in [5, 5.41) is 22.3. The Labute approximate surface area is 181 Å². The first kappa shape index (κ1) is 21.9. The maximum Gasteiger partial charge on any atom is 0.251 e. The van der Waals surface area contributed by atoms with Gasteiger partial charge in [-0.15, -0.1) is 0 Å². The summed E-state index contributed by atoms with van der Waals surface area (Å²) in [6.45, 7) is 0.586. The van der Waals surface area contributed by atoms with Crippen molar-refractivity contribution in [3.63, 3.8) is 0 Å². The van der Waals surface area contributed by atoms with Crippen molar-refractivity contribution in [2.24, 2.45) is 0 Å². The number of nitrogens with one attached hydrogen (secondary N) is 2. The minimum Gasteiger partial charge on any atom is -0.503 e. The molecule has 1 aromatic heterocycles. The lowest BCUT2D eigenvalue weighted by Crippen LogP contribution is -2.27. The van der Waals surface area contributed by atoms with Crippen LogP contribution in [0.3, 0.4) is 0 Å². The van der Waals surface area contributed by atoms with E-state index < -0.39 is 17.1 Å². The Bertz CT molecular complexity index is 1140. The van der Waals surface area contributed by atoms with E-state index in [-0.39, 0.29) is 58.7 Å². The van der Waals surface area contributed by atoms with Crippen molar-refractivity contribution in [1.29, 1.82) is 0 Å². The first-order chi connectivity index (χ1) is 14.3. The number of halogens is 2. The third kappa shape index (κ3) is 4.52. The van der Waals surface area contributed by atoms with E-state index in [0.717, 1.165) is 0 Å². The number of aromatic hydroxyl groups is 1. The number of aromatic amines is 1. The average molecular weight is 452 g/mol. The lowest BCUT2D eigenvalue weighted by molar-refractivity contribution is 0.0838. The smallest absolute Gasteiger partial charge is 0.251 e. The van der Waals surface area contributed by atoms with Crippen LogP contribution in [-0.2, 0) is 4.74 Å². The Morgan fingerprint density at radius 1 is 1.17 bits per heavy atom. The third-order valence-corrected chi connectivity index (χ3v) is 5.00. The van der Waals surface area contributed by atoms with Gasteiger partial charge in [0.1, 0.15) is 0 Å². The molecule has 2 aromatic carbocycles. The normalized spacial score (nSPS) is 11.0. The number of hydrogen-bond donors (Lipinski definition) is 5. The third-order valence-electron chi connectivity index (χ3n) is 4.37. The molecule has 0 spiro atoms. The SMILES string of the molecule is Nc1c(Cl)cc(-c2[nH]c3ccc(C(=O)NCCOCCO)cc3c(=O)c2O)cc1Cl. The summed E-state index contributed by atoms with van der Waals surface area (Å²) in [5.41, 5.74) is 6.47. The molecule has 8 nitrogen and oxygen atoms in total. The quantitative estimate of drug-likeness (QED) is 0.276. The van der Waals surface area contributed by atoms with Gasteiger partial charge in [0.2, 0.25) is 5.43 Å². The maximum absolute atomic E-state index is 12.7. The van der Waals surface area contributed by atoms with Gasteiger partial charge in [0.15, 0.2) is 5.75 Å². The van der Waals surface area contributed by atoms with Crippen molar-refractivity contribution in [2.45, 2.75) is 0 Å². The van der Waals surface area contributed by atoms with Gasteiger partial charge in [0, 0.05) is 17.7 Å². The summed E-state index contributed by atoms with van der Waals surface area (Å²) in [7, 11) is 0. The number of ether oxygens (including phenoxy) is 1. The number of anilines is 1. The number of nitrogen functional groups attached to an aromatic ring is 1. The number of aromatic nitrogens is 1. The molecule has 0 aliphatic carbocycles. The van der Waals surface area contributed by atoms with Crippen molar-refractivity contribution >= 4 is 45.7 Å². The molecule has 3 aromatic rings. The molecule has 0 radical (unpaired) electrons. The van der Waals surface area contributed by atoms with Crippen LogP contribution in [0.2, 0.25) is 10.0 Å². The molecular weight excluding hydrogens is 433 g/mol. The van der Waals surface area contributed by atoms with E-state index in [1.54, 1.807) is 12.1 Å². The maximum atomic E-state index is 12.7. The second-order valence-corrected chi connectivity index (χ2v) is 7.20. The summed E-state index contributed by atoms with van der Waals surface area (Å²) in [6.07, 6.45) is 0. The Morgan fingerprint density at radius 3 is 2.53 bits per heavy atom. The molecule has 0 aliphatic rings. The zero-order valence-electron chi connectivity index (χ0n) is 15.7. The lowest BCUT2D eigenvalue weighted by Gasteiger charge is -2.11. The zero-order valence-corrected chi connectivity index (χ0v) is 17.2. The van der Waals surface area contributed by atoms with Crippen molar-refractivity contribution in [3.8, 4) is 17.0 Å². The topological polar surface area (TPSA) is 138 Å². The summed E-state index contributed by atoms with van der Waals surface area (Å²) >= 11 is 12.1. The first-order valence-electron chi connectivity index (χ1n) is 8.94. The van der Waals surface area contributed by atoms with E-state index in [1.165, 1.54) is 18.2 Å². The molecule has 0 saturated carbocycles. The highest BCUT2D eigenvalue weighted by molar-refractivity contribution is 6.39. The average Bonchev–Trinajstić information content (AvgIpc) is 2.73. The van der Waals surface area contributed by atoms with Crippen LogP contribution in [-0.4, -0.2) is 47.5 Å². The molecule has 0 saturated heterocycles.